The van der Waals surface area contributed by atoms with E-state index < -0.39 is 0 Å². The lowest BCUT2D eigenvalue weighted by Gasteiger charge is -2.20. The highest BCUT2D eigenvalue weighted by molar-refractivity contribution is 5.45. The van der Waals surface area contributed by atoms with Crippen molar-refractivity contribution < 1.29 is 0 Å². The van der Waals surface area contributed by atoms with Crippen molar-refractivity contribution in [2.24, 2.45) is 11.7 Å². The molecule has 0 aromatic heterocycles. The Labute approximate surface area is 106 Å². The topological polar surface area (TPSA) is 38.0 Å². The SMILES string of the molecule is CC(C)C(N)CNc1ccc(C(C)(C)C)cc1. The van der Waals surface area contributed by atoms with Crippen molar-refractivity contribution in [2.75, 3.05) is 11.9 Å². The maximum Gasteiger partial charge on any atom is 0.0340 e. The second-order valence-corrected chi connectivity index (χ2v) is 6.12. The van der Waals surface area contributed by atoms with Crippen LogP contribution in [-0.2, 0) is 5.41 Å². The van der Waals surface area contributed by atoms with Crippen LogP contribution in [0, 0.1) is 5.92 Å². The summed E-state index contributed by atoms with van der Waals surface area (Å²) in [5, 5.41) is 3.38. The standard InChI is InChI=1S/C15H26N2/c1-11(2)14(16)10-17-13-8-6-12(7-9-13)15(3,4)5/h6-9,11,14,17H,10,16H2,1-5H3. The number of anilines is 1. The highest BCUT2D eigenvalue weighted by Gasteiger charge is 2.13. The van der Waals surface area contributed by atoms with Crippen molar-refractivity contribution >= 4 is 5.69 Å². The molecule has 0 spiro atoms. The lowest BCUT2D eigenvalue weighted by Crippen LogP contribution is -2.33. The van der Waals surface area contributed by atoms with E-state index in [9.17, 15) is 0 Å². The number of rotatable bonds is 4. The minimum Gasteiger partial charge on any atom is -0.383 e. The zero-order valence-corrected chi connectivity index (χ0v) is 11.7. The van der Waals surface area contributed by atoms with E-state index in [1.807, 2.05) is 0 Å². The molecule has 1 atom stereocenters. The van der Waals surface area contributed by atoms with Crippen LogP contribution in [0.5, 0.6) is 0 Å². The van der Waals surface area contributed by atoms with Crippen LogP contribution in [0.4, 0.5) is 5.69 Å². The molecule has 0 fully saturated rings. The Morgan fingerprint density at radius 2 is 1.65 bits per heavy atom. The van der Waals surface area contributed by atoms with Gasteiger partial charge >= 0.3 is 0 Å². The van der Waals surface area contributed by atoms with Gasteiger partial charge in [0.1, 0.15) is 0 Å². The summed E-state index contributed by atoms with van der Waals surface area (Å²) in [5.41, 5.74) is 8.72. The summed E-state index contributed by atoms with van der Waals surface area (Å²) in [4.78, 5) is 0. The molecule has 2 nitrogen and oxygen atoms in total. The molecule has 1 aromatic rings. The molecule has 96 valence electrons. The Morgan fingerprint density at radius 1 is 1.12 bits per heavy atom. The first-order valence-corrected chi connectivity index (χ1v) is 6.40. The third kappa shape index (κ3) is 4.39. The minimum atomic E-state index is 0.206. The quantitative estimate of drug-likeness (QED) is 0.838. The molecule has 0 aliphatic rings. The van der Waals surface area contributed by atoms with Gasteiger partial charge < -0.3 is 11.1 Å². The summed E-state index contributed by atoms with van der Waals surface area (Å²) >= 11 is 0. The molecule has 0 aliphatic heterocycles. The van der Waals surface area contributed by atoms with Gasteiger partial charge in [-0.05, 0) is 29.0 Å². The fraction of sp³-hybridized carbons (Fsp3) is 0.600. The van der Waals surface area contributed by atoms with E-state index in [0.717, 1.165) is 12.2 Å². The van der Waals surface area contributed by atoms with Crippen LogP contribution in [0.25, 0.3) is 0 Å². The molecule has 0 saturated carbocycles. The Hall–Kier alpha value is -1.02. The molecule has 0 saturated heterocycles. The van der Waals surface area contributed by atoms with Gasteiger partial charge in [0.05, 0.1) is 0 Å². The number of nitrogens with one attached hydrogen (secondary N) is 1. The zero-order chi connectivity index (χ0) is 13.1. The molecule has 0 amide bonds. The molecule has 3 N–H and O–H groups in total. The molecule has 2 heteroatoms. The number of hydrogen-bond donors (Lipinski definition) is 2. The summed E-state index contributed by atoms with van der Waals surface area (Å²) in [5.74, 6) is 0.511. The molecule has 0 aliphatic carbocycles. The molecule has 0 bridgehead atoms. The third-order valence-electron chi connectivity index (χ3n) is 3.15. The molecular weight excluding hydrogens is 208 g/mol. The van der Waals surface area contributed by atoms with Crippen molar-refractivity contribution in [3.05, 3.63) is 29.8 Å². The van der Waals surface area contributed by atoms with Gasteiger partial charge in [0.25, 0.3) is 0 Å². The molecular formula is C15H26N2. The van der Waals surface area contributed by atoms with E-state index in [2.05, 4.69) is 64.2 Å². The molecule has 17 heavy (non-hydrogen) atoms. The van der Waals surface area contributed by atoms with Crippen LogP contribution in [0.15, 0.2) is 24.3 Å². The zero-order valence-electron chi connectivity index (χ0n) is 11.7. The van der Waals surface area contributed by atoms with Crippen LogP contribution < -0.4 is 11.1 Å². The molecule has 1 rings (SSSR count). The van der Waals surface area contributed by atoms with Gasteiger partial charge in [0.15, 0.2) is 0 Å². The first kappa shape index (κ1) is 14.0. The Morgan fingerprint density at radius 3 is 2.06 bits per heavy atom. The predicted molar refractivity (Wildman–Crippen MR) is 76.4 cm³/mol. The van der Waals surface area contributed by atoms with Gasteiger partial charge in [-0.15, -0.1) is 0 Å². The maximum absolute atomic E-state index is 6.00. The van der Waals surface area contributed by atoms with Crippen LogP contribution in [0.3, 0.4) is 0 Å². The van der Waals surface area contributed by atoms with E-state index in [4.69, 9.17) is 5.73 Å². The van der Waals surface area contributed by atoms with Crippen LogP contribution in [0.1, 0.15) is 40.2 Å². The second kappa shape index (κ2) is 5.54. The second-order valence-electron chi connectivity index (χ2n) is 6.12. The number of hydrogen-bond acceptors (Lipinski definition) is 2. The molecule has 0 radical (unpaired) electrons. The van der Waals surface area contributed by atoms with Crippen molar-refractivity contribution in [1.82, 2.24) is 0 Å². The van der Waals surface area contributed by atoms with Crippen molar-refractivity contribution in [3.63, 3.8) is 0 Å². The number of nitrogens with two attached hydrogens (primary N) is 1. The van der Waals surface area contributed by atoms with Crippen LogP contribution in [-0.4, -0.2) is 12.6 Å². The average Bonchev–Trinajstić information content (AvgIpc) is 2.25. The van der Waals surface area contributed by atoms with E-state index in [1.54, 1.807) is 0 Å². The van der Waals surface area contributed by atoms with E-state index >= 15 is 0 Å². The summed E-state index contributed by atoms with van der Waals surface area (Å²) in [7, 11) is 0. The first-order valence-electron chi connectivity index (χ1n) is 6.40. The minimum absolute atomic E-state index is 0.206. The summed E-state index contributed by atoms with van der Waals surface area (Å²) in [6.45, 7) is 11.8. The monoisotopic (exact) mass is 234 g/mol. The van der Waals surface area contributed by atoms with Gasteiger partial charge in [-0.25, -0.2) is 0 Å². The summed E-state index contributed by atoms with van der Waals surface area (Å²) in [6, 6.07) is 8.84. The van der Waals surface area contributed by atoms with E-state index in [1.165, 1.54) is 5.56 Å². The van der Waals surface area contributed by atoms with Gasteiger partial charge in [-0.3, -0.25) is 0 Å². The highest BCUT2D eigenvalue weighted by Crippen LogP contribution is 2.23. The fourth-order valence-corrected chi connectivity index (χ4v) is 1.56. The average molecular weight is 234 g/mol. The maximum atomic E-state index is 6.00. The van der Waals surface area contributed by atoms with E-state index in [-0.39, 0.29) is 11.5 Å². The predicted octanol–water partition coefficient (Wildman–Crippen LogP) is 3.38. The first-order chi connectivity index (χ1) is 7.80. The smallest absolute Gasteiger partial charge is 0.0340 e. The van der Waals surface area contributed by atoms with Gasteiger partial charge in [-0.1, -0.05) is 46.8 Å². The van der Waals surface area contributed by atoms with Crippen LogP contribution >= 0.6 is 0 Å². The Bertz CT molecular complexity index is 333. The van der Waals surface area contributed by atoms with E-state index in [0.29, 0.717) is 5.92 Å². The molecule has 1 aromatic carbocycles. The van der Waals surface area contributed by atoms with Gasteiger partial charge in [0, 0.05) is 18.3 Å². The third-order valence-corrected chi connectivity index (χ3v) is 3.15. The molecule has 0 heterocycles. The van der Waals surface area contributed by atoms with Crippen LogP contribution in [0.2, 0.25) is 0 Å². The summed E-state index contributed by atoms with van der Waals surface area (Å²) < 4.78 is 0. The van der Waals surface area contributed by atoms with Crippen molar-refractivity contribution in [1.29, 1.82) is 0 Å². The highest BCUT2D eigenvalue weighted by atomic mass is 14.9. The fourth-order valence-electron chi connectivity index (χ4n) is 1.56. The number of benzene rings is 1. The lowest BCUT2D eigenvalue weighted by molar-refractivity contribution is 0.511. The van der Waals surface area contributed by atoms with Crippen molar-refractivity contribution in [3.8, 4) is 0 Å². The lowest BCUT2D eigenvalue weighted by atomic mass is 9.87. The summed E-state index contributed by atoms with van der Waals surface area (Å²) in [6.07, 6.45) is 0. The Balaban J connectivity index is 2.57. The normalized spacial score (nSPS) is 13.8. The largest absolute Gasteiger partial charge is 0.383 e. The molecule has 1 unspecified atom stereocenters. The van der Waals surface area contributed by atoms with Gasteiger partial charge in [0.2, 0.25) is 0 Å². The van der Waals surface area contributed by atoms with Crippen molar-refractivity contribution in [2.45, 2.75) is 46.1 Å². The Kier molecular flexibility index (Phi) is 4.58. The van der Waals surface area contributed by atoms with Gasteiger partial charge in [-0.2, -0.15) is 0 Å².